The molecule has 0 bridgehead atoms. The Morgan fingerprint density at radius 2 is 0.588 bits per heavy atom. The minimum Gasteiger partial charge on any atom is -0.462 e. The third kappa shape index (κ3) is 53.8. The van der Waals surface area contributed by atoms with E-state index in [9.17, 15) is 14.4 Å². The Kier molecular flexibility index (Phi) is 53.8. The van der Waals surface area contributed by atoms with E-state index in [0.29, 0.717) is 19.3 Å². The number of allylic oxidation sites excluding steroid dienone is 12. The summed E-state index contributed by atoms with van der Waals surface area (Å²) in [5.41, 5.74) is 0. The van der Waals surface area contributed by atoms with Crippen LogP contribution in [0.4, 0.5) is 0 Å². The maximum Gasteiger partial charge on any atom is 0.306 e. The molecular formula is C62H108O6. The number of rotatable bonds is 52. The molecule has 0 amide bonds. The Morgan fingerprint density at radius 1 is 0.309 bits per heavy atom. The number of ether oxygens (including phenoxy) is 3. The van der Waals surface area contributed by atoms with E-state index in [0.717, 1.165) is 70.6 Å². The second-order valence-electron chi connectivity index (χ2n) is 19.2. The first-order chi connectivity index (χ1) is 33.5. The number of esters is 3. The summed E-state index contributed by atoms with van der Waals surface area (Å²) >= 11 is 0. The monoisotopic (exact) mass is 949 g/mol. The van der Waals surface area contributed by atoms with Crippen LogP contribution in [0.2, 0.25) is 0 Å². The quantitative estimate of drug-likeness (QED) is 0.0199. The Hall–Kier alpha value is -3.15. The molecule has 0 rings (SSSR count). The smallest absolute Gasteiger partial charge is 0.306 e. The van der Waals surface area contributed by atoms with E-state index in [2.05, 4.69) is 93.7 Å². The van der Waals surface area contributed by atoms with Gasteiger partial charge < -0.3 is 14.2 Å². The van der Waals surface area contributed by atoms with Crippen molar-refractivity contribution in [2.75, 3.05) is 13.2 Å². The topological polar surface area (TPSA) is 78.9 Å². The molecule has 0 aromatic heterocycles. The molecule has 0 aromatic rings. The van der Waals surface area contributed by atoms with Gasteiger partial charge in [0.2, 0.25) is 0 Å². The van der Waals surface area contributed by atoms with Crippen LogP contribution in [-0.2, 0) is 28.6 Å². The molecular weight excluding hydrogens is 841 g/mol. The molecule has 1 unspecified atom stereocenters. The summed E-state index contributed by atoms with van der Waals surface area (Å²) in [5, 5.41) is 0. The summed E-state index contributed by atoms with van der Waals surface area (Å²) in [7, 11) is 0. The van der Waals surface area contributed by atoms with Crippen LogP contribution in [0.5, 0.6) is 0 Å². The van der Waals surface area contributed by atoms with Crippen molar-refractivity contribution in [3.05, 3.63) is 72.9 Å². The number of hydrogen-bond acceptors (Lipinski definition) is 6. The van der Waals surface area contributed by atoms with Gasteiger partial charge in [0.25, 0.3) is 0 Å². The van der Waals surface area contributed by atoms with Crippen LogP contribution in [0.3, 0.4) is 0 Å². The highest BCUT2D eigenvalue weighted by Gasteiger charge is 2.19. The molecule has 1 atom stereocenters. The number of unbranched alkanes of at least 4 members (excludes halogenated alkanes) is 30. The number of carbonyl (C=O) groups excluding carboxylic acids is 3. The fraction of sp³-hybridized carbons (Fsp3) is 0.758. The maximum absolute atomic E-state index is 12.9. The first-order valence-electron chi connectivity index (χ1n) is 29.0. The summed E-state index contributed by atoms with van der Waals surface area (Å²) < 4.78 is 16.8. The van der Waals surface area contributed by atoms with Gasteiger partial charge in [-0.15, -0.1) is 0 Å². The van der Waals surface area contributed by atoms with Gasteiger partial charge in [-0.05, 0) is 103 Å². The summed E-state index contributed by atoms with van der Waals surface area (Å²) in [6, 6.07) is 0. The molecule has 0 N–H and O–H groups in total. The van der Waals surface area contributed by atoms with Crippen LogP contribution in [-0.4, -0.2) is 37.2 Å². The highest BCUT2D eigenvalue weighted by Crippen LogP contribution is 2.14. The molecule has 0 aliphatic rings. The van der Waals surface area contributed by atoms with E-state index in [1.807, 2.05) is 0 Å². The first-order valence-corrected chi connectivity index (χ1v) is 29.0. The average Bonchev–Trinajstić information content (AvgIpc) is 3.34. The van der Waals surface area contributed by atoms with Crippen molar-refractivity contribution in [1.29, 1.82) is 0 Å². The predicted molar refractivity (Wildman–Crippen MR) is 293 cm³/mol. The predicted octanol–water partition coefficient (Wildman–Crippen LogP) is 19.4. The van der Waals surface area contributed by atoms with Crippen molar-refractivity contribution in [3.8, 4) is 0 Å². The van der Waals surface area contributed by atoms with Gasteiger partial charge in [-0.1, -0.05) is 235 Å². The summed E-state index contributed by atoms with van der Waals surface area (Å²) in [6.07, 6.45) is 71.8. The largest absolute Gasteiger partial charge is 0.462 e. The summed E-state index contributed by atoms with van der Waals surface area (Å²) in [5.74, 6) is -0.980. The van der Waals surface area contributed by atoms with E-state index in [-0.39, 0.29) is 37.5 Å². The molecule has 392 valence electrons. The third-order valence-corrected chi connectivity index (χ3v) is 12.4. The van der Waals surface area contributed by atoms with Gasteiger partial charge in [0.05, 0.1) is 0 Å². The second-order valence-corrected chi connectivity index (χ2v) is 19.2. The van der Waals surface area contributed by atoms with Crippen LogP contribution in [0.25, 0.3) is 0 Å². The molecule has 0 saturated carbocycles. The summed E-state index contributed by atoms with van der Waals surface area (Å²) in [6.45, 7) is 6.57. The molecule has 0 aliphatic heterocycles. The van der Waals surface area contributed by atoms with Crippen molar-refractivity contribution in [1.82, 2.24) is 0 Å². The summed E-state index contributed by atoms with van der Waals surface area (Å²) in [4.78, 5) is 38.1. The number of carbonyl (C=O) groups is 3. The molecule has 0 aliphatic carbocycles. The lowest BCUT2D eigenvalue weighted by molar-refractivity contribution is -0.167. The molecule has 0 spiro atoms. The van der Waals surface area contributed by atoms with Crippen molar-refractivity contribution in [2.24, 2.45) is 0 Å². The lowest BCUT2D eigenvalue weighted by atomic mass is 10.1. The highest BCUT2D eigenvalue weighted by atomic mass is 16.6. The van der Waals surface area contributed by atoms with Crippen LogP contribution in [0.15, 0.2) is 72.9 Å². The molecule has 0 radical (unpaired) electrons. The van der Waals surface area contributed by atoms with Crippen LogP contribution in [0.1, 0.15) is 284 Å². The van der Waals surface area contributed by atoms with Gasteiger partial charge >= 0.3 is 17.9 Å². The van der Waals surface area contributed by atoms with E-state index >= 15 is 0 Å². The average molecular weight is 950 g/mol. The Balaban J connectivity index is 4.50. The highest BCUT2D eigenvalue weighted by molar-refractivity contribution is 5.71. The zero-order valence-corrected chi connectivity index (χ0v) is 44.9. The fourth-order valence-electron chi connectivity index (χ4n) is 8.03. The SMILES string of the molecule is CCCCCCCC/C=C\C/C=C\C/C=C\CCCC(=O)OCC(COC(=O)CCCCC/C=C\C=C/CCCCCCCCC)OC(=O)CCCCCCCCC/C=C\CCCCCCCC. The van der Waals surface area contributed by atoms with Crippen LogP contribution in [0, 0.1) is 0 Å². The van der Waals surface area contributed by atoms with Gasteiger partial charge in [0.15, 0.2) is 6.10 Å². The van der Waals surface area contributed by atoms with Gasteiger partial charge in [-0.3, -0.25) is 14.4 Å². The molecule has 0 saturated heterocycles. The number of hydrogen-bond donors (Lipinski definition) is 0. The lowest BCUT2D eigenvalue weighted by Gasteiger charge is -2.18. The fourth-order valence-corrected chi connectivity index (χ4v) is 8.03. The Labute approximate surface area is 421 Å². The van der Waals surface area contributed by atoms with Crippen LogP contribution >= 0.6 is 0 Å². The van der Waals surface area contributed by atoms with Gasteiger partial charge in [-0.2, -0.15) is 0 Å². The van der Waals surface area contributed by atoms with E-state index < -0.39 is 6.10 Å². The standard InChI is InChI=1S/C62H108O6/c1-4-7-10-13-16-19-22-25-28-31-34-37-40-43-46-49-52-55-61(64)67-58-59(57-66-60(63)54-51-48-45-42-39-36-33-30-27-24-21-18-15-12-9-6-3)68-62(65)56-53-50-47-44-41-38-35-32-29-26-23-20-17-14-11-8-5-2/h25-26,28-30,33-34,36-37,39,43,46,59H,4-24,27,31-32,35,38,40-42,44-45,47-58H2,1-3H3/b28-25-,29-26-,33-30-,37-34-,39-36-,46-43-. The van der Waals surface area contributed by atoms with Gasteiger partial charge in [-0.25, -0.2) is 0 Å². The minimum absolute atomic E-state index is 0.106. The minimum atomic E-state index is -0.809. The molecule has 6 nitrogen and oxygen atoms in total. The molecule has 0 aromatic carbocycles. The van der Waals surface area contributed by atoms with E-state index in [4.69, 9.17) is 14.2 Å². The zero-order chi connectivity index (χ0) is 49.3. The van der Waals surface area contributed by atoms with Crippen LogP contribution < -0.4 is 0 Å². The van der Waals surface area contributed by atoms with E-state index in [1.165, 1.54) is 167 Å². The molecule has 6 heteroatoms. The van der Waals surface area contributed by atoms with Gasteiger partial charge in [0.1, 0.15) is 13.2 Å². The van der Waals surface area contributed by atoms with Crippen molar-refractivity contribution in [3.63, 3.8) is 0 Å². The Bertz CT molecular complexity index is 1270. The second kappa shape index (κ2) is 56.4. The molecule has 68 heavy (non-hydrogen) atoms. The lowest BCUT2D eigenvalue weighted by Crippen LogP contribution is -2.30. The first kappa shape index (κ1) is 64.8. The van der Waals surface area contributed by atoms with Crippen molar-refractivity contribution in [2.45, 2.75) is 290 Å². The maximum atomic E-state index is 12.9. The van der Waals surface area contributed by atoms with Crippen molar-refractivity contribution < 1.29 is 28.6 Å². The Morgan fingerprint density at radius 3 is 1.00 bits per heavy atom. The normalized spacial score (nSPS) is 12.6. The van der Waals surface area contributed by atoms with Gasteiger partial charge in [0, 0.05) is 19.3 Å². The zero-order valence-electron chi connectivity index (χ0n) is 44.9. The van der Waals surface area contributed by atoms with Crippen molar-refractivity contribution >= 4 is 17.9 Å². The molecule has 0 fully saturated rings. The van der Waals surface area contributed by atoms with E-state index in [1.54, 1.807) is 0 Å². The molecule has 0 heterocycles. The third-order valence-electron chi connectivity index (χ3n) is 12.4.